The first-order valence-corrected chi connectivity index (χ1v) is 5.69. The maximum atomic E-state index is 11.6. The SMILES string of the molecule is CCOC(=O)c1oc2c(c1CO)CCCC2. The minimum absolute atomic E-state index is 0.160. The highest BCUT2D eigenvalue weighted by Crippen LogP contribution is 2.30. The Morgan fingerprint density at radius 1 is 1.44 bits per heavy atom. The van der Waals surface area contributed by atoms with E-state index in [-0.39, 0.29) is 12.4 Å². The lowest BCUT2D eigenvalue weighted by Crippen LogP contribution is -2.07. The van der Waals surface area contributed by atoms with Gasteiger partial charge in [0, 0.05) is 12.0 Å². The summed E-state index contributed by atoms with van der Waals surface area (Å²) in [6.45, 7) is 1.90. The summed E-state index contributed by atoms with van der Waals surface area (Å²) in [5.41, 5.74) is 1.63. The molecule has 0 atom stereocenters. The van der Waals surface area contributed by atoms with Crippen LogP contribution in [0.15, 0.2) is 4.42 Å². The predicted octanol–water partition coefficient (Wildman–Crippen LogP) is 1.83. The lowest BCUT2D eigenvalue weighted by molar-refractivity contribution is 0.0483. The van der Waals surface area contributed by atoms with Gasteiger partial charge in [0.2, 0.25) is 5.76 Å². The Morgan fingerprint density at radius 2 is 2.19 bits per heavy atom. The third-order valence-electron chi connectivity index (χ3n) is 2.90. The van der Waals surface area contributed by atoms with Crippen molar-refractivity contribution in [3.05, 3.63) is 22.6 Å². The van der Waals surface area contributed by atoms with Gasteiger partial charge in [0.1, 0.15) is 5.76 Å². The van der Waals surface area contributed by atoms with E-state index in [1.807, 2.05) is 0 Å². The summed E-state index contributed by atoms with van der Waals surface area (Å²) in [5.74, 6) is 0.565. The average Bonchev–Trinajstić information content (AvgIpc) is 2.67. The van der Waals surface area contributed by atoms with Gasteiger partial charge in [0.25, 0.3) is 0 Å². The molecular weight excluding hydrogens is 208 g/mol. The van der Waals surface area contributed by atoms with Crippen LogP contribution in [0.4, 0.5) is 0 Å². The van der Waals surface area contributed by atoms with Gasteiger partial charge >= 0.3 is 5.97 Å². The molecule has 1 aliphatic rings. The van der Waals surface area contributed by atoms with Gasteiger partial charge in [0.15, 0.2) is 0 Å². The van der Waals surface area contributed by atoms with Gasteiger partial charge in [-0.05, 0) is 31.7 Å². The molecular formula is C12H16O4. The van der Waals surface area contributed by atoms with Crippen molar-refractivity contribution in [2.24, 2.45) is 0 Å². The first-order valence-electron chi connectivity index (χ1n) is 5.69. The number of carbonyl (C=O) groups is 1. The standard InChI is InChI=1S/C12H16O4/c1-2-15-12(14)11-9(7-13)8-5-3-4-6-10(8)16-11/h13H,2-7H2,1H3. The zero-order valence-electron chi connectivity index (χ0n) is 9.41. The molecule has 1 aliphatic carbocycles. The van der Waals surface area contributed by atoms with E-state index in [9.17, 15) is 9.90 Å². The molecule has 2 rings (SSSR count). The monoisotopic (exact) mass is 224 g/mol. The fraction of sp³-hybridized carbons (Fsp3) is 0.583. The van der Waals surface area contributed by atoms with Crippen LogP contribution in [0.1, 0.15) is 47.2 Å². The molecule has 0 saturated carbocycles. The Balaban J connectivity index is 2.37. The third-order valence-corrected chi connectivity index (χ3v) is 2.90. The van der Waals surface area contributed by atoms with E-state index >= 15 is 0 Å². The van der Waals surface area contributed by atoms with Crippen molar-refractivity contribution in [1.82, 2.24) is 0 Å². The number of hydrogen-bond donors (Lipinski definition) is 1. The highest BCUT2D eigenvalue weighted by Gasteiger charge is 2.26. The smallest absolute Gasteiger partial charge is 0.374 e. The van der Waals surface area contributed by atoms with Crippen LogP contribution >= 0.6 is 0 Å². The highest BCUT2D eigenvalue weighted by atomic mass is 16.5. The molecule has 0 fully saturated rings. The summed E-state index contributed by atoms with van der Waals surface area (Å²) >= 11 is 0. The van der Waals surface area contributed by atoms with Crippen molar-refractivity contribution in [3.63, 3.8) is 0 Å². The topological polar surface area (TPSA) is 59.7 Å². The maximum Gasteiger partial charge on any atom is 0.374 e. The molecule has 0 aromatic carbocycles. The number of esters is 1. The van der Waals surface area contributed by atoms with Gasteiger partial charge in [-0.3, -0.25) is 0 Å². The van der Waals surface area contributed by atoms with Crippen LogP contribution in [0.5, 0.6) is 0 Å². The number of aryl methyl sites for hydroxylation is 1. The van der Waals surface area contributed by atoms with Gasteiger partial charge in [-0.15, -0.1) is 0 Å². The molecule has 1 aromatic heterocycles. The van der Waals surface area contributed by atoms with Crippen LogP contribution in [0.2, 0.25) is 0 Å². The molecule has 4 nitrogen and oxygen atoms in total. The predicted molar refractivity (Wildman–Crippen MR) is 57.2 cm³/mol. The second-order valence-electron chi connectivity index (χ2n) is 3.90. The van der Waals surface area contributed by atoms with Crippen LogP contribution in [-0.2, 0) is 24.2 Å². The summed E-state index contributed by atoms with van der Waals surface area (Å²) in [6.07, 6.45) is 3.89. The van der Waals surface area contributed by atoms with Gasteiger partial charge < -0.3 is 14.3 Å². The van der Waals surface area contributed by atoms with Crippen LogP contribution in [-0.4, -0.2) is 17.7 Å². The summed E-state index contributed by atoms with van der Waals surface area (Å²) < 4.78 is 10.4. The van der Waals surface area contributed by atoms with Gasteiger partial charge in [0.05, 0.1) is 13.2 Å². The minimum atomic E-state index is -0.471. The zero-order valence-corrected chi connectivity index (χ0v) is 9.41. The number of carbonyl (C=O) groups excluding carboxylic acids is 1. The Hall–Kier alpha value is -1.29. The summed E-state index contributed by atoms with van der Waals surface area (Å²) in [4.78, 5) is 11.6. The lowest BCUT2D eigenvalue weighted by Gasteiger charge is -2.09. The molecule has 1 aromatic rings. The number of ether oxygens (including phenoxy) is 1. The second-order valence-corrected chi connectivity index (χ2v) is 3.90. The molecule has 88 valence electrons. The van der Waals surface area contributed by atoms with Crippen molar-refractivity contribution in [1.29, 1.82) is 0 Å². The summed E-state index contributed by atoms with van der Waals surface area (Å²) in [7, 11) is 0. The minimum Gasteiger partial charge on any atom is -0.460 e. The number of aliphatic hydroxyl groups is 1. The molecule has 1 heterocycles. The average molecular weight is 224 g/mol. The number of furan rings is 1. The second kappa shape index (κ2) is 4.70. The largest absolute Gasteiger partial charge is 0.460 e. The van der Waals surface area contributed by atoms with Crippen LogP contribution < -0.4 is 0 Å². The van der Waals surface area contributed by atoms with E-state index in [0.29, 0.717) is 12.2 Å². The molecule has 1 N–H and O–H groups in total. The van der Waals surface area contributed by atoms with Crippen molar-refractivity contribution in [3.8, 4) is 0 Å². The van der Waals surface area contributed by atoms with Crippen molar-refractivity contribution in [2.75, 3.05) is 6.61 Å². The maximum absolute atomic E-state index is 11.6. The summed E-state index contributed by atoms with van der Waals surface area (Å²) in [5, 5.41) is 9.31. The van der Waals surface area contributed by atoms with Gasteiger partial charge in [-0.25, -0.2) is 4.79 Å². The van der Waals surface area contributed by atoms with E-state index in [0.717, 1.165) is 37.0 Å². The first kappa shape index (κ1) is 11.2. The normalized spacial score (nSPS) is 14.6. The molecule has 0 saturated heterocycles. The Bertz CT molecular complexity index is 392. The van der Waals surface area contributed by atoms with E-state index in [1.54, 1.807) is 6.92 Å². The quantitative estimate of drug-likeness (QED) is 0.796. The zero-order chi connectivity index (χ0) is 11.5. The number of aliphatic hydroxyl groups excluding tert-OH is 1. The van der Waals surface area contributed by atoms with Crippen molar-refractivity contribution >= 4 is 5.97 Å². The van der Waals surface area contributed by atoms with Crippen molar-refractivity contribution < 1.29 is 19.1 Å². The third kappa shape index (κ3) is 1.85. The molecule has 0 amide bonds. The molecule has 0 spiro atoms. The molecule has 0 unspecified atom stereocenters. The van der Waals surface area contributed by atoms with Crippen LogP contribution in [0.25, 0.3) is 0 Å². The van der Waals surface area contributed by atoms with Crippen molar-refractivity contribution in [2.45, 2.75) is 39.2 Å². The number of rotatable bonds is 3. The fourth-order valence-electron chi connectivity index (χ4n) is 2.16. The fourth-order valence-corrected chi connectivity index (χ4v) is 2.16. The van der Waals surface area contributed by atoms with Gasteiger partial charge in [-0.2, -0.15) is 0 Å². The van der Waals surface area contributed by atoms with Crippen LogP contribution in [0, 0.1) is 0 Å². The first-order chi connectivity index (χ1) is 7.77. The van der Waals surface area contributed by atoms with E-state index < -0.39 is 5.97 Å². The van der Waals surface area contributed by atoms with Gasteiger partial charge in [-0.1, -0.05) is 0 Å². The molecule has 4 heteroatoms. The van der Waals surface area contributed by atoms with E-state index in [2.05, 4.69) is 0 Å². The Kier molecular flexibility index (Phi) is 3.29. The highest BCUT2D eigenvalue weighted by molar-refractivity contribution is 5.88. The molecule has 0 aliphatic heterocycles. The molecule has 0 bridgehead atoms. The summed E-state index contributed by atoms with van der Waals surface area (Å²) in [6, 6.07) is 0. The Morgan fingerprint density at radius 3 is 2.88 bits per heavy atom. The molecule has 0 radical (unpaired) electrons. The van der Waals surface area contributed by atoms with E-state index in [4.69, 9.17) is 9.15 Å². The van der Waals surface area contributed by atoms with Crippen LogP contribution in [0.3, 0.4) is 0 Å². The number of hydrogen-bond acceptors (Lipinski definition) is 4. The Labute approximate surface area is 94.2 Å². The van der Waals surface area contributed by atoms with E-state index in [1.165, 1.54) is 0 Å². The lowest BCUT2D eigenvalue weighted by atomic mass is 9.95. The number of fused-ring (bicyclic) bond motifs is 1. The molecule has 16 heavy (non-hydrogen) atoms.